The van der Waals surface area contributed by atoms with Crippen LogP contribution in [-0.2, 0) is 22.1 Å². The Hall–Kier alpha value is -1.37. The topological polar surface area (TPSA) is 65.2 Å². The maximum absolute atomic E-state index is 12.1. The van der Waals surface area contributed by atoms with Crippen LogP contribution in [0, 0.1) is 0 Å². The van der Waals surface area contributed by atoms with E-state index in [0.717, 1.165) is 19.2 Å². The third kappa shape index (κ3) is 3.59. The van der Waals surface area contributed by atoms with Crippen molar-refractivity contribution in [2.45, 2.75) is 12.1 Å². The molecule has 6 heteroatoms. The van der Waals surface area contributed by atoms with Crippen LogP contribution in [0.5, 0.6) is 0 Å². The van der Waals surface area contributed by atoms with Crippen LogP contribution in [0.15, 0.2) is 24.4 Å². The Morgan fingerprint density at radius 3 is 2.90 bits per heavy atom. The van der Waals surface area contributed by atoms with E-state index in [2.05, 4.69) is 0 Å². The minimum absolute atomic E-state index is 0.0496. The van der Waals surface area contributed by atoms with E-state index < -0.39 is 15.7 Å². The smallest absolute Gasteiger partial charge is 0.215 e. The van der Waals surface area contributed by atoms with Gasteiger partial charge < -0.3 is 9.88 Å². The van der Waals surface area contributed by atoms with Crippen molar-refractivity contribution in [1.82, 2.24) is 14.6 Å². The van der Waals surface area contributed by atoms with Gasteiger partial charge in [-0.1, -0.05) is 6.07 Å². The fraction of sp³-hybridized carbons (Fsp3) is 0.429. The highest BCUT2D eigenvalue weighted by Gasteiger charge is 2.11. The number of aromatic amines is 1. The average molecular weight is 299 g/mol. The molecule has 1 aromatic carbocycles. The van der Waals surface area contributed by atoms with E-state index in [1.807, 2.05) is 19.0 Å². The van der Waals surface area contributed by atoms with E-state index in [4.69, 9.17) is 5.57 Å². The molecular formula is C14H21N3O2S. The largest absolute Gasteiger partial charge is 0.361 e. The number of benzene rings is 1. The zero-order valence-electron chi connectivity index (χ0n) is 15.8. The van der Waals surface area contributed by atoms with Crippen LogP contribution in [0.4, 0.5) is 0 Å². The number of likely N-dealkylation sites (N-methyl/N-ethyl adjacent to an activating group) is 1. The zero-order chi connectivity index (χ0) is 18.3. The maximum atomic E-state index is 12.1. The van der Waals surface area contributed by atoms with E-state index in [-0.39, 0.29) is 10.3 Å². The molecule has 0 spiro atoms. The van der Waals surface area contributed by atoms with E-state index in [9.17, 15) is 8.42 Å². The van der Waals surface area contributed by atoms with E-state index in [1.165, 1.54) is 23.2 Å². The number of hydrogen-bond donors (Lipinski definition) is 2. The highest BCUT2D eigenvalue weighted by atomic mass is 32.2. The van der Waals surface area contributed by atoms with Gasteiger partial charge in [0.2, 0.25) is 10.0 Å². The predicted molar refractivity (Wildman–Crippen MR) is 82.2 cm³/mol. The summed E-state index contributed by atoms with van der Waals surface area (Å²) in [7, 11) is 0.384. The second-order valence-corrected chi connectivity index (χ2v) is 6.35. The molecule has 1 heterocycles. The second-order valence-electron chi connectivity index (χ2n) is 4.83. The van der Waals surface area contributed by atoms with Crippen LogP contribution in [0.3, 0.4) is 0 Å². The molecule has 0 aliphatic carbocycles. The van der Waals surface area contributed by atoms with Crippen molar-refractivity contribution < 1.29 is 14.0 Å². The zero-order valence-corrected chi connectivity index (χ0v) is 12.6. The highest BCUT2D eigenvalue weighted by molar-refractivity contribution is 7.88. The quantitative estimate of drug-likeness (QED) is 0.845. The fourth-order valence-corrected chi connectivity index (χ4v) is 2.44. The lowest BCUT2D eigenvalue weighted by Crippen LogP contribution is -2.20. The first-order chi connectivity index (χ1) is 11.0. The van der Waals surface area contributed by atoms with Gasteiger partial charge in [0, 0.05) is 26.4 Å². The van der Waals surface area contributed by atoms with Crippen molar-refractivity contribution in [3.63, 3.8) is 0 Å². The molecule has 0 saturated heterocycles. The monoisotopic (exact) mass is 299 g/mol. The molecule has 0 fully saturated rings. The normalized spacial score (nSPS) is 16.2. The molecule has 2 aromatic rings. The van der Waals surface area contributed by atoms with Gasteiger partial charge in [0.25, 0.3) is 0 Å². The van der Waals surface area contributed by atoms with Crippen molar-refractivity contribution in [2.75, 3.05) is 27.7 Å². The van der Waals surface area contributed by atoms with Gasteiger partial charge in [-0.25, -0.2) is 13.1 Å². The molecule has 1 aromatic heterocycles. The van der Waals surface area contributed by atoms with Crippen LogP contribution in [-0.4, -0.2) is 46.0 Å². The van der Waals surface area contributed by atoms with Crippen LogP contribution in [0.1, 0.15) is 13.9 Å². The number of sulfonamides is 1. The lowest BCUT2D eigenvalue weighted by molar-refractivity contribution is 0.414. The molecular weight excluding hydrogens is 274 g/mol. The average Bonchev–Trinajstić information content (AvgIpc) is 2.80. The molecule has 0 radical (unpaired) electrons. The van der Waals surface area contributed by atoms with Crippen LogP contribution >= 0.6 is 0 Å². The Kier molecular flexibility index (Phi) is 3.08. The molecule has 0 unspecified atom stereocenters. The third-order valence-electron chi connectivity index (χ3n) is 3.02. The van der Waals surface area contributed by atoms with Gasteiger partial charge in [-0.3, -0.25) is 0 Å². The summed E-state index contributed by atoms with van der Waals surface area (Å²) in [6.07, 6.45) is 2.31. The first-order valence-corrected chi connectivity index (χ1v) is 7.68. The summed E-state index contributed by atoms with van der Waals surface area (Å²) >= 11 is 0. The van der Waals surface area contributed by atoms with Gasteiger partial charge in [-0.15, -0.1) is 0 Å². The SMILES string of the molecule is [2H]N(C)S(=O)(=O)C([2H])([2H])c1ccc2c(c1)c(CCN(C)C)cn2[2H]. The van der Waals surface area contributed by atoms with Gasteiger partial charge in [0.05, 0.1) is 5.70 Å². The summed E-state index contributed by atoms with van der Waals surface area (Å²) in [6.45, 7) is 0.754. The van der Waals surface area contributed by atoms with E-state index in [0.29, 0.717) is 17.3 Å². The summed E-state index contributed by atoms with van der Waals surface area (Å²) in [5.74, 6) is 0. The molecule has 110 valence electrons. The summed E-state index contributed by atoms with van der Waals surface area (Å²) in [5.41, 5.74) is -1.34. The van der Waals surface area contributed by atoms with Crippen LogP contribution < -0.4 is 4.72 Å². The first-order valence-electron chi connectivity index (χ1n) is 8.13. The van der Waals surface area contributed by atoms with Crippen molar-refractivity contribution in [1.29, 1.82) is 0 Å². The van der Waals surface area contributed by atoms with Crippen molar-refractivity contribution in [3.8, 4) is 0 Å². The molecule has 0 saturated carbocycles. The maximum Gasteiger partial charge on any atom is 0.215 e. The Bertz CT molecular complexity index is 847. The lowest BCUT2D eigenvalue weighted by Gasteiger charge is -2.08. The van der Waals surface area contributed by atoms with Gasteiger partial charge in [-0.05, 0) is 50.8 Å². The third-order valence-corrected chi connectivity index (χ3v) is 3.99. The lowest BCUT2D eigenvalue weighted by atomic mass is 10.1. The molecule has 5 nitrogen and oxygen atoms in total. The number of H-pyrrole nitrogens is 1. The predicted octanol–water partition coefficient (Wildman–Crippen LogP) is 1.32. The fourth-order valence-electron chi connectivity index (χ4n) is 1.92. The standard InChI is InChI=1S/C14H21N3O2S/c1-15-20(18,19)10-11-4-5-14-13(8-11)12(9-16-14)6-7-17(2)3/h4-5,8-9,15-16H,6-7,10H2,1-3H3/i10D2/hD2. The molecule has 0 bridgehead atoms. The molecule has 0 aliphatic rings. The minimum atomic E-state index is -4.46. The summed E-state index contributed by atoms with van der Waals surface area (Å²) in [6, 6.07) is 4.35. The molecule has 2 N–H and O–H groups in total. The van der Waals surface area contributed by atoms with Crippen LogP contribution in [0.2, 0.25) is 2.82 Å². The van der Waals surface area contributed by atoms with Gasteiger partial charge in [0.15, 0.2) is 1.41 Å². The highest BCUT2D eigenvalue weighted by Crippen LogP contribution is 2.21. The number of rotatable bonds is 6. The van der Waals surface area contributed by atoms with Gasteiger partial charge >= 0.3 is 0 Å². The Balaban J connectivity index is 2.56. The number of aromatic nitrogens is 1. The minimum Gasteiger partial charge on any atom is -0.361 e. The molecule has 0 aliphatic heterocycles. The summed E-state index contributed by atoms with van der Waals surface area (Å²) < 4.78 is 55.5. The summed E-state index contributed by atoms with van der Waals surface area (Å²) in [4.78, 5) is 3.19. The molecule has 2 rings (SSSR count). The van der Waals surface area contributed by atoms with Crippen molar-refractivity contribution in [3.05, 3.63) is 35.5 Å². The van der Waals surface area contributed by atoms with E-state index >= 15 is 0 Å². The van der Waals surface area contributed by atoms with Gasteiger partial charge in [-0.2, -0.15) is 0 Å². The molecule has 0 amide bonds. The number of nitrogens with zero attached hydrogens (tertiary/aromatic N) is 1. The number of fused-ring (bicyclic) bond motifs is 1. The Morgan fingerprint density at radius 1 is 1.50 bits per heavy atom. The van der Waals surface area contributed by atoms with Gasteiger partial charge in [0.1, 0.15) is 1.41 Å². The van der Waals surface area contributed by atoms with Crippen LogP contribution in [0.25, 0.3) is 10.9 Å². The number of nitrogens with one attached hydrogen (secondary N) is 2. The molecule has 20 heavy (non-hydrogen) atoms. The van der Waals surface area contributed by atoms with E-state index in [1.54, 1.807) is 6.20 Å². The Morgan fingerprint density at radius 2 is 2.25 bits per heavy atom. The first kappa shape index (κ1) is 10.4. The Labute approximate surface area is 125 Å². The second kappa shape index (κ2) is 5.95. The van der Waals surface area contributed by atoms with Crippen molar-refractivity contribution in [2.24, 2.45) is 0 Å². The summed E-state index contributed by atoms with van der Waals surface area (Å²) in [5, 5.41) is 0.649. The number of hydrogen-bond acceptors (Lipinski definition) is 3. The molecule has 0 atom stereocenters. The van der Waals surface area contributed by atoms with Crippen molar-refractivity contribution >= 4 is 20.9 Å².